The van der Waals surface area contributed by atoms with Crippen molar-refractivity contribution in [2.75, 3.05) is 17.1 Å². The van der Waals surface area contributed by atoms with Gasteiger partial charge in [-0.15, -0.1) is 0 Å². The SMILES string of the molecule is Cc1ccc([N+](=O)[O-])cc1N(CC(=O)N(Cc1cccc(Br)c1)[C@@H](Cc1ccccc1)C(=O)NC(C)C)S(C)(=O)=O. The van der Waals surface area contributed by atoms with Gasteiger partial charge in [0.2, 0.25) is 21.8 Å². The van der Waals surface area contributed by atoms with Gasteiger partial charge in [-0.1, -0.05) is 64.5 Å². The summed E-state index contributed by atoms with van der Waals surface area (Å²) in [6.45, 7) is 4.60. The minimum atomic E-state index is -4.06. The van der Waals surface area contributed by atoms with E-state index < -0.39 is 33.4 Å². The van der Waals surface area contributed by atoms with Crippen molar-refractivity contribution in [1.29, 1.82) is 0 Å². The number of hydrogen-bond acceptors (Lipinski definition) is 6. The summed E-state index contributed by atoms with van der Waals surface area (Å²) in [5, 5.41) is 14.3. The average molecular weight is 646 g/mol. The molecule has 0 fully saturated rings. The second kappa shape index (κ2) is 13.7. The summed E-state index contributed by atoms with van der Waals surface area (Å²) in [5.41, 5.74) is 1.68. The number of halogens is 1. The van der Waals surface area contributed by atoms with Crippen LogP contribution in [0.3, 0.4) is 0 Å². The van der Waals surface area contributed by atoms with E-state index in [1.165, 1.54) is 17.0 Å². The molecule has 0 saturated carbocycles. The molecular weight excluding hydrogens is 612 g/mol. The fourth-order valence-electron chi connectivity index (χ4n) is 4.34. The van der Waals surface area contributed by atoms with Crippen molar-refractivity contribution in [3.63, 3.8) is 0 Å². The van der Waals surface area contributed by atoms with Gasteiger partial charge in [0.25, 0.3) is 5.69 Å². The van der Waals surface area contributed by atoms with Gasteiger partial charge in [0.15, 0.2) is 0 Å². The number of nitrogens with one attached hydrogen (secondary N) is 1. The molecule has 0 heterocycles. The molecule has 0 unspecified atom stereocenters. The number of carbonyl (C=O) groups is 2. The molecule has 41 heavy (non-hydrogen) atoms. The van der Waals surface area contributed by atoms with Crippen LogP contribution in [0, 0.1) is 17.0 Å². The van der Waals surface area contributed by atoms with Gasteiger partial charge >= 0.3 is 0 Å². The average Bonchev–Trinajstić information content (AvgIpc) is 2.89. The first-order chi connectivity index (χ1) is 19.3. The van der Waals surface area contributed by atoms with Crippen molar-refractivity contribution in [3.05, 3.63) is 104 Å². The molecule has 0 aliphatic rings. The van der Waals surface area contributed by atoms with Crippen LogP contribution in [0.4, 0.5) is 11.4 Å². The molecule has 0 radical (unpaired) electrons. The van der Waals surface area contributed by atoms with Crippen LogP contribution in [-0.4, -0.2) is 54.9 Å². The van der Waals surface area contributed by atoms with E-state index in [1.807, 2.05) is 62.4 Å². The molecule has 3 rings (SSSR count). The number of rotatable bonds is 12. The van der Waals surface area contributed by atoms with Gasteiger partial charge < -0.3 is 10.2 Å². The van der Waals surface area contributed by atoms with E-state index in [9.17, 15) is 28.1 Å². The normalized spacial score (nSPS) is 12.0. The Labute approximate surface area is 248 Å². The summed E-state index contributed by atoms with van der Waals surface area (Å²) < 4.78 is 27.6. The van der Waals surface area contributed by atoms with Crippen LogP contribution >= 0.6 is 15.9 Å². The highest BCUT2D eigenvalue weighted by Gasteiger charge is 2.34. The van der Waals surface area contributed by atoms with E-state index in [0.717, 1.165) is 32.2 Å². The van der Waals surface area contributed by atoms with Crippen LogP contribution in [0.15, 0.2) is 77.3 Å². The maximum atomic E-state index is 14.1. The molecule has 0 aliphatic carbocycles. The number of nitrogens with zero attached hydrogens (tertiary/aromatic N) is 3. The van der Waals surface area contributed by atoms with Crippen molar-refractivity contribution in [3.8, 4) is 0 Å². The molecule has 0 saturated heterocycles. The van der Waals surface area contributed by atoms with Crippen molar-refractivity contribution in [2.24, 2.45) is 0 Å². The highest BCUT2D eigenvalue weighted by Crippen LogP contribution is 2.28. The molecule has 3 aromatic rings. The monoisotopic (exact) mass is 644 g/mol. The summed E-state index contributed by atoms with van der Waals surface area (Å²) in [6.07, 6.45) is 1.12. The molecule has 3 aromatic carbocycles. The summed E-state index contributed by atoms with van der Waals surface area (Å²) >= 11 is 3.44. The van der Waals surface area contributed by atoms with Crippen molar-refractivity contribution < 1.29 is 22.9 Å². The molecular formula is C29H33BrN4O6S. The van der Waals surface area contributed by atoms with E-state index in [-0.39, 0.29) is 36.3 Å². The maximum absolute atomic E-state index is 14.1. The van der Waals surface area contributed by atoms with Gasteiger partial charge in [0, 0.05) is 35.6 Å². The van der Waals surface area contributed by atoms with Crippen molar-refractivity contribution in [2.45, 2.75) is 45.8 Å². The quantitative estimate of drug-likeness (QED) is 0.227. The highest BCUT2D eigenvalue weighted by molar-refractivity contribution is 9.10. The van der Waals surface area contributed by atoms with Crippen LogP contribution < -0.4 is 9.62 Å². The third-order valence-electron chi connectivity index (χ3n) is 6.30. The Hall–Kier alpha value is -3.77. The Bertz CT molecular complexity index is 1510. The smallest absolute Gasteiger partial charge is 0.271 e. The molecule has 0 spiro atoms. The molecule has 1 N–H and O–H groups in total. The summed E-state index contributed by atoms with van der Waals surface area (Å²) in [5.74, 6) is -1.02. The topological polar surface area (TPSA) is 130 Å². The third-order valence-corrected chi connectivity index (χ3v) is 7.92. The lowest BCUT2D eigenvalue weighted by Crippen LogP contribution is -2.54. The van der Waals surface area contributed by atoms with Crippen molar-refractivity contribution >= 4 is 49.1 Å². The third kappa shape index (κ3) is 8.86. The number of carbonyl (C=O) groups excluding carboxylic acids is 2. The number of aryl methyl sites for hydroxylation is 1. The molecule has 2 amide bonds. The van der Waals surface area contributed by atoms with E-state index >= 15 is 0 Å². The van der Waals surface area contributed by atoms with Gasteiger partial charge in [-0.05, 0) is 49.6 Å². The lowest BCUT2D eigenvalue weighted by Gasteiger charge is -2.34. The van der Waals surface area contributed by atoms with Gasteiger partial charge in [0.1, 0.15) is 12.6 Å². The first kappa shape index (κ1) is 31.8. The minimum absolute atomic E-state index is 0.0173. The van der Waals surface area contributed by atoms with Gasteiger partial charge in [-0.3, -0.25) is 24.0 Å². The number of nitro groups is 1. The van der Waals surface area contributed by atoms with Crippen LogP contribution in [0.25, 0.3) is 0 Å². The first-order valence-electron chi connectivity index (χ1n) is 12.9. The Balaban J connectivity index is 2.11. The fraction of sp³-hybridized carbons (Fsp3) is 0.310. The number of benzene rings is 3. The first-order valence-corrected chi connectivity index (χ1v) is 15.5. The molecule has 0 bridgehead atoms. The number of sulfonamides is 1. The highest BCUT2D eigenvalue weighted by atomic mass is 79.9. The largest absolute Gasteiger partial charge is 0.352 e. The van der Waals surface area contributed by atoms with E-state index in [4.69, 9.17) is 0 Å². The maximum Gasteiger partial charge on any atom is 0.271 e. The van der Waals surface area contributed by atoms with Crippen LogP contribution in [-0.2, 0) is 32.6 Å². The lowest BCUT2D eigenvalue weighted by atomic mass is 10.0. The zero-order chi connectivity index (χ0) is 30.3. The number of amides is 2. The molecule has 0 aromatic heterocycles. The van der Waals surface area contributed by atoms with Crippen LogP contribution in [0.1, 0.15) is 30.5 Å². The molecule has 218 valence electrons. The van der Waals surface area contributed by atoms with Gasteiger partial charge in [-0.2, -0.15) is 0 Å². The van der Waals surface area contributed by atoms with Crippen LogP contribution in [0.5, 0.6) is 0 Å². The number of anilines is 1. The van der Waals surface area contributed by atoms with E-state index in [0.29, 0.717) is 5.56 Å². The van der Waals surface area contributed by atoms with Crippen LogP contribution in [0.2, 0.25) is 0 Å². The summed E-state index contributed by atoms with van der Waals surface area (Å²) in [7, 11) is -4.06. The zero-order valence-electron chi connectivity index (χ0n) is 23.3. The molecule has 0 aliphatic heterocycles. The number of nitro benzene ring substituents is 1. The minimum Gasteiger partial charge on any atom is -0.352 e. The second-order valence-electron chi connectivity index (χ2n) is 10.0. The zero-order valence-corrected chi connectivity index (χ0v) is 25.7. The Morgan fingerprint density at radius 3 is 2.24 bits per heavy atom. The fourth-order valence-corrected chi connectivity index (χ4v) is 5.69. The van der Waals surface area contributed by atoms with E-state index in [1.54, 1.807) is 13.0 Å². The predicted octanol–water partition coefficient (Wildman–Crippen LogP) is 4.60. The van der Waals surface area contributed by atoms with E-state index in [2.05, 4.69) is 21.2 Å². The Kier molecular flexibility index (Phi) is 10.6. The standard InChI is InChI=1S/C29H33BrN4O6S/c1-20(2)31-29(36)27(16-22-9-6-5-7-10-22)32(18-23-11-8-12-24(30)15-23)28(35)19-33(41(4,39)40)26-17-25(34(37)38)14-13-21(26)3/h5-15,17,20,27H,16,18-19H2,1-4H3,(H,31,36)/t27-/m0/s1. The Morgan fingerprint density at radius 1 is 1.00 bits per heavy atom. The second-order valence-corrected chi connectivity index (χ2v) is 12.8. The summed E-state index contributed by atoms with van der Waals surface area (Å²) in [4.78, 5) is 39.9. The summed E-state index contributed by atoms with van der Waals surface area (Å²) in [6, 6.07) is 19.2. The number of hydrogen-bond donors (Lipinski definition) is 1. The molecule has 12 heteroatoms. The molecule has 1 atom stereocenters. The Morgan fingerprint density at radius 2 is 1.66 bits per heavy atom. The predicted molar refractivity (Wildman–Crippen MR) is 162 cm³/mol. The molecule has 10 nitrogen and oxygen atoms in total. The van der Waals surface area contributed by atoms with Crippen molar-refractivity contribution in [1.82, 2.24) is 10.2 Å². The lowest BCUT2D eigenvalue weighted by molar-refractivity contribution is -0.384. The van der Waals surface area contributed by atoms with Gasteiger partial charge in [0.05, 0.1) is 16.9 Å². The van der Waals surface area contributed by atoms with Gasteiger partial charge in [-0.25, -0.2) is 8.42 Å². The number of non-ortho nitro benzene ring substituents is 1.